The zero-order valence-electron chi connectivity index (χ0n) is 23.6. The Morgan fingerprint density at radius 3 is 2.17 bits per heavy atom. The molecule has 2 amide bonds. The molecular weight excluding hydrogens is 540 g/mol. The molecule has 0 aromatic heterocycles. The number of sulfonamides is 1. The van der Waals surface area contributed by atoms with Crippen LogP contribution in [0.2, 0.25) is 0 Å². The average molecular weight is 579 g/mol. The summed E-state index contributed by atoms with van der Waals surface area (Å²) in [6, 6.07) is 21.7. The van der Waals surface area contributed by atoms with Crippen LogP contribution in [0.3, 0.4) is 0 Å². The number of aliphatic hydroxyl groups is 1. The quantitative estimate of drug-likeness (QED) is 0.246. The maximum Gasteiger partial charge on any atom is 0.252 e. The van der Waals surface area contributed by atoms with E-state index in [4.69, 9.17) is 5.73 Å². The van der Waals surface area contributed by atoms with Crippen LogP contribution in [0.5, 0.6) is 0 Å². The molecule has 0 aliphatic heterocycles. The number of benzene rings is 3. The van der Waals surface area contributed by atoms with Gasteiger partial charge in [0.1, 0.15) is 0 Å². The highest BCUT2D eigenvalue weighted by molar-refractivity contribution is 7.92. The standard InChI is InChI=1S/C31H38N4O5S/c1-20(22-12-8-5-9-13-22)34-31(38)27-18-24(35(2)41(3,39)40)17-26(30(32)37)29(27)25(16-21-10-6-4-7-11-21)28(36)19-33-23-14-15-23/h4-13,17-18,20,23,25,28,33,36H,14-16,19H2,1-3H3,(H2,32,37)(H,34,38)/t20-,25-,28+/m1/s1. The Kier molecular flexibility index (Phi) is 9.47. The maximum atomic E-state index is 14.0. The molecule has 4 rings (SSSR count). The topological polar surface area (TPSA) is 142 Å². The molecule has 0 unspecified atom stereocenters. The van der Waals surface area contributed by atoms with Crippen molar-refractivity contribution in [3.05, 3.63) is 101 Å². The van der Waals surface area contributed by atoms with Gasteiger partial charge in [-0.05, 0) is 55.0 Å². The van der Waals surface area contributed by atoms with E-state index in [1.54, 1.807) is 0 Å². The molecule has 1 aliphatic rings. The highest BCUT2D eigenvalue weighted by Gasteiger charge is 2.33. The first-order valence-electron chi connectivity index (χ1n) is 13.7. The van der Waals surface area contributed by atoms with E-state index >= 15 is 0 Å². The van der Waals surface area contributed by atoms with Gasteiger partial charge in [0.25, 0.3) is 5.91 Å². The van der Waals surface area contributed by atoms with Crippen LogP contribution < -0.4 is 20.7 Å². The van der Waals surface area contributed by atoms with Gasteiger partial charge in [0, 0.05) is 36.7 Å². The minimum atomic E-state index is -3.73. The summed E-state index contributed by atoms with van der Waals surface area (Å²) in [6.45, 7) is 2.09. The van der Waals surface area contributed by atoms with Gasteiger partial charge < -0.3 is 21.5 Å². The fourth-order valence-electron chi connectivity index (χ4n) is 4.92. The number of carbonyl (C=O) groups excluding carboxylic acids is 2. The highest BCUT2D eigenvalue weighted by atomic mass is 32.2. The molecule has 5 N–H and O–H groups in total. The van der Waals surface area contributed by atoms with Crippen molar-refractivity contribution in [2.24, 2.45) is 5.73 Å². The lowest BCUT2D eigenvalue weighted by atomic mass is 9.81. The van der Waals surface area contributed by atoms with Crippen molar-refractivity contribution in [1.82, 2.24) is 10.6 Å². The first-order chi connectivity index (χ1) is 19.5. The van der Waals surface area contributed by atoms with E-state index in [9.17, 15) is 23.1 Å². The van der Waals surface area contributed by atoms with E-state index in [1.807, 2.05) is 67.6 Å². The average Bonchev–Trinajstić information content (AvgIpc) is 3.78. The molecule has 0 spiro atoms. The summed E-state index contributed by atoms with van der Waals surface area (Å²) < 4.78 is 25.9. The minimum absolute atomic E-state index is 0.0121. The Hall–Kier alpha value is -3.73. The van der Waals surface area contributed by atoms with E-state index in [2.05, 4.69) is 10.6 Å². The van der Waals surface area contributed by atoms with Gasteiger partial charge in [-0.2, -0.15) is 0 Å². The van der Waals surface area contributed by atoms with Crippen LogP contribution in [0.1, 0.15) is 69.1 Å². The second-order valence-corrected chi connectivity index (χ2v) is 12.7. The number of primary amides is 1. The van der Waals surface area contributed by atoms with Crippen LogP contribution in [0.25, 0.3) is 0 Å². The van der Waals surface area contributed by atoms with Gasteiger partial charge in [-0.15, -0.1) is 0 Å². The Morgan fingerprint density at radius 2 is 1.61 bits per heavy atom. The lowest BCUT2D eigenvalue weighted by molar-refractivity contribution is 0.0935. The first kappa shape index (κ1) is 30.2. The molecule has 3 aromatic carbocycles. The summed E-state index contributed by atoms with van der Waals surface area (Å²) in [5.41, 5.74) is 8.13. The highest BCUT2D eigenvalue weighted by Crippen LogP contribution is 2.35. The monoisotopic (exact) mass is 578 g/mol. The van der Waals surface area contributed by atoms with Crippen molar-refractivity contribution in [1.29, 1.82) is 0 Å². The SMILES string of the molecule is C[C@@H](NC(=O)c1cc(N(C)S(C)(=O)=O)cc(C(N)=O)c1[C@H](Cc1ccccc1)[C@@H](O)CNC1CC1)c1ccccc1. The fourth-order valence-corrected chi connectivity index (χ4v) is 5.41. The molecule has 1 saturated carbocycles. The molecule has 41 heavy (non-hydrogen) atoms. The molecule has 3 aromatic rings. The number of hydrogen-bond donors (Lipinski definition) is 4. The van der Waals surface area contributed by atoms with Crippen LogP contribution >= 0.6 is 0 Å². The van der Waals surface area contributed by atoms with Crippen molar-refractivity contribution in [2.75, 3.05) is 24.2 Å². The van der Waals surface area contributed by atoms with Crippen molar-refractivity contribution in [2.45, 2.75) is 50.3 Å². The zero-order valence-corrected chi connectivity index (χ0v) is 24.4. The number of rotatable bonds is 13. The Morgan fingerprint density at radius 1 is 1.02 bits per heavy atom. The first-order valence-corrected chi connectivity index (χ1v) is 15.5. The third kappa shape index (κ3) is 7.72. The summed E-state index contributed by atoms with van der Waals surface area (Å²) in [6.07, 6.45) is 2.45. The molecule has 3 atom stereocenters. The number of nitrogens with two attached hydrogens (primary N) is 1. The summed E-state index contributed by atoms with van der Waals surface area (Å²) in [4.78, 5) is 26.9. The molecule has 9 nitrogen and oxygen atoms in total. The summed E-state index contributed by atoms with van der Waals surface area (Å²) in [7, 11) is -2.38. The Balaban J connectivity index is 1.87. The number of anilines is 1. The predicted octanol–water partition coefficient (Wildman–Crippen LogP) is 3.11. The van der Waals surface area contributed by atoms with Gasteiger partial charge in [-0.1, -0.05) is 60.7 Å². The lowest BCUT2D eigenvalue weighted by Gasteiger charge is -2.29. The second kappa shape index (κ2) is 12.8. The van der Waals surface area contributed by atoms with E-state index in [-0.39, 0.29) is 35.0 Å². The van der Waals surface area contributed by atoms with Gasteiger partial charge in [0.15, 0.2) is 0 Å². The predicted molar refractivity (Wildman–Crippen MR) is 160 cm³/mol. The van der Waals surface area contributed by atoms with Crippen LogP contribution in [0.15, 0.2) is 72.8 Å². The number of hydrogen-bond acceptors (Lipinski definition) is 6. The van der Waals surface area contributed by atoms with Crippen molar-refractivity contribution in [3.63, 3.8) is 0 Å². The van der Waals surface area contributed by atoms with Crippen LogP contribution in [0, 0.1) is 0 Å². The molecule has 0 bridgehead atoms. The number of carbonyl (C=O) groups is 2. The van der Waals surface area contributed by atoms with E-state index < -0.39 is 33.9 Å². The maximum absolute atomic E-state index is 14.0. The van der Waals surface area contributed by atoms with Crippen LogP contribution in [0.4, 0.5) is 5.69 Å². The molecule has 218 valence electrons. The third-order valence-electron chi connectivity index (χ3n) is 7.51. The number of nitrogens with zero attached hydrogens (tertiary/aromatic N) is 1. The molecule has 10 heteroatoms. The van der Waals surface area contributed by atoms with Crippen molar-refractivity contribution < 1.29 is 23.1 Å². The van der Waals surface area contributed by atoms with Gasteiger partial charge in [-0.25, -0.2) is 8.42 Å². The molecule has 0 saturated heterocycles. The van der Waals surface area contributed by atoms with E-state index in [1.165, 1.54) is 19.2 Å². The molecule has 0 heterocycles. The van der Waals surface area contributed by atoms with Gasteiger partial charge in [0.05, 0.1) is 24.1 Å². The van der Waals surface area contributed by atoms with E-state index in [0.29, 0.717) is 12.5 Å². The van der Waals surface area contributed by atoms with Crippen LogP contribution in [-0.2, 0) is 16.4 Å². The Labute approximate surface area is 241 Å². The summed E-state index contributed by atoms with van der Waals surface area (Å²) in [5.74, 6) is -2.03. The van der Waals surface area contributed by atoms with Crippen molar-refractivity contribution in [3.8, 4) is 0 Å². The zero-order chi connectivity index (χ0) is 29.7. The minimum Gasteiger partial charge on any atom is -0.391 e. The molecule has 1 fully saturated rings. The van der Waals surface area contributed by atoms with E-state index in [0.717, 1.165) is 34.5 Å². The summed E-state index contributed by atoms with van der Waals surface area (Å²) in [5, 5.41) is 17.9. The number of nitrogens with one attached hydrogen (secondary N) is 2. The molecule has 0 radical (unpaired) electrons. The number of aliphatic hydroxyl groups excluding tert-OH is 1. The second-order valence-electron chi connectivity index (χ2n) is 10.7. The molecular formula is C31H38N4O5S. The Bertz CT molecular complexity index is 1480. The third-order valence-corrected chi connectivity index (χ3v) is 8.72. The van der Waals surface area contributed by atoms with Crippen LogP contribution in [-0.4, -0.2) is 57.3 Å². The molecule has 1 aliphatic carbocycles. The lowest BCUT2D eigenvalue weighted by Crippen LogP contribution is -2.37. The van der Waals surface area contributed by atoms with Gasteiger partial charge >= 0.3 is 0 Å². The van der Waals surface area contributed by atoms with Crippen molar-refractivity contribution >= 4 is 27.5 Å². The van der Waals surface area contributed by atoms with Gasteiger partial charge in [-0.3, -0.25) is 13.9 Å². The summed E-state index contributed by atoms with van der Waals surface area (Å²) >= 11 is 0. The normalized spacial score (nSPS) is 15.5. The fraction of sp³-hybridized carbons (Fsp3) is 0.355. The van der Waals surface area contributed by atoms with Gasteiger partial charge in [0.2, 0.25) is 15.9 Å². The smallest absolute Gasteiger partial charge is 0.252 e. The largest absolute Gasteiger partial charge is 0.391 e. The number of amides is 2.